The lowest BCUT2D eigenvalue weighted by Gasteiger charge is -2.19. The third kappa shape index (κ3) is 4.35. The van der Waals surface area contributed by atoms with Crippen LogP contribution >= 0.6 is 0 Å². The summed E-state index contributed by atoms with van der Waals surface area (Å²) in [5.41, 5.74) is 5.84. The summed E-state index contributed by atoms with van der Waals surface area (Å²) in [6.07, 6.45) is 2.46. The first-order chi connectivity index (χ1) is 7.75. The SMILES string of the molecule is CCCOCCOC(c1ccco1)C(C)N. The Balaban J connectivity index is 2.30. The van der Waals surface area contributed by atoms with Gasteiger partial charge in [0.05, 0.1) is 19.5 Å². The standard InChI is InChI=1S/C12H21NO3/c1-3-6-14-8-9-16-12(10(2)13)11-5-4-7-15-11/h4-5,7,10,12H,3,6,8-9,13H2,1-2H3. The molecule has 92 valence electrons. The average molecular weight is 227 g/mol. The summed E-state index contributed by atoms with van der Waals surface area (Å²) in [5.74, 6) is 0.769. The molecule has 0 spiro atoms. The second kappa shape index (κ2) is 7.44. The van der Waals surface area contributed by atoms with E-state index in [-0.39, 0.29) is 12.1 Å². The average Bonchev–Trinajstić information content (AvgIpc) is 2.76. The zero-order valence-corrected chi connectivity index (χ0v) is 10.0. The molecule has 0 aliphatic rings. The van der Waals surface area contributed by atoms with Crippen LogP contribution in [0.1, 0.15) is 32.1 Å². The van der Waals surface area contributed by atoms with Gasteiger partial charge in [0.1, 0.15) is 11.9 Å². The Labute approximate surface area is 96.7 Å². The Morgan fingerprint density at radius 1 is 1.38 bits per heavy atom. The molecule has 4 nitrogen and oxygen atoms in total. The third-order valence-electron chi connectivity index (χ3n) is 2.17. The third-order valence-corrected chi connectivity index (χ3v) is 2.17. The maximum absolute atomic E-state index is 5.84. The molecule has 0 saturated carbocycles. The molecule has 1 rings (SSSR count). The van der Waals surface area contributed by atoms with Gasteiger partial charge in [0.15, 0.2) is 0 Å². The van der Waals surface area contributed by atoms with Gasteiger partial charge in [0.25, 0.3) is 0 Å². The van der Waals surface area contributed by atoms with E-state index in [0.29, 0.717) is 13.2 Å². The van der Waals surface area contributed by atoms with Crippen LogP contribution in [-0.2, 0) is 9.47 Å². The largest absolute Gasteiger partial charge is 0.467 e. The van der Waals surface area contributed by atoms with E-state index in [9.17, 15) is 0 Å². The predicted octanol–water partition coefficient (Wildman–Crippen LogP) is 2.11. The van der Waals surface area contributed by atoms with E-state index in [1.165, 1.54) is 0 Å². The first kappa shape index (κ1) is 13.2. The number of hydrogen-bond donors (Lipinski definition) is 1. The van der Waals surface area contributed by atoms with Crippen molar-refractivity contribution >= 4 is 0 Å². The molecule has 0 radical (unpaired) electrons. The lowest BCUT2D eigenvalue weighted by molar-refractivity contribution is -0.0138. The molecule has 0 amide bonds. The van der Waals surface area contributed by atoms with Crippen molar-refractivity contribution in [1.82, 2.24) is 0 Å². The van der Waals surface area contributed by atoms with Crippen molar-refractivity contribution in [1.29, 1.82) is 0 Å². The van der Waals surface area contributed by atoms with Gasteiger partial charge in [-0.15, -0.1) is 0 Å². The predicted molar refractivity (Wildman–Crippen MR) is 62.2 cm³/mol. The van der Waals surface area contributed by atoms with Crippen LogP contribution in [0, 0.1) is 0 Å². The first-order valence-electron chi connectivity index (χ1n) is 5.74. The number of hydrogen-bond acceptors (Lipinski definition) is 4. The lowest BCUT2D eigenvalue weighted by atomic mass is 10.1. The normalized spacial score (nSPS) is 14.9. The van der Waals surface area contributed by atoms with Crippen molar-refractivity contribution in [3.05, 3.63) is 24.2 Å². The lowest BCUT2D eigenvalue weighted by Crippen LogP contribution is -2.27. The summed E-state index contributed by atoms with van der Waals surface area (Å²) in [6, 6.07) is 3.61. The van der Waals surface area contributed by atoms with Crippen LogP contribution in [-0.4, -0.2) is 25.9 Å². The smallest absolute Gasteiger partial charge is 0.134 e. The van der Waals surface area contributed by atoms with Gasteiger partial charge in [-0.05, 0) is 25.5 Å². The minimum Gasteiger partial charge on any atom is -0.467 e. The van der Waals surface area contributed by atoms with Crippen molar-refractivity contribution in [2.75, 3.05) is 19.8 Å². The molecule has 2 unspecified atom stereocenters. The summed E-state index contributed by atoms with van der Waals surface area (Å²) < 4.78 is 16.3. The van der Waals surface area contributed by atoms with Crippen molar-refractivity contribution in [2.45, 2.75) is 32.4 Å². The molecule has 0 fully saturated rings. The van der Waals surface area contributed by atoms with Gasteiger partial charge in [-0.2, -0.15) is 0 Å². The van der Waals surface area contributed by atoms with E-state index < -0.39 is 0 Å². The van der Waals surface area contributed by atoms with Crippen molar-refractivity contribution < 1.29 is 13.9 Å². The summed E-state index contributed by atoms with van der Waals surface area (Å²) in [6.45, 7) is 5.88. The molecule has 4 heteroatoms. The van der Waals surface area contributed by atoms with Crippen LogP contribution in [0.4, 0.5) is 0 Å². The van der Waals surface area contributed by atoms with E-state index in [2.05, 4.69) is 6.92 Å². The van der Waals surface area contributed by atoms with E-state index >= 15 is 0 Å². The van der Waals surface area contributed by atoms with Crippen LogP contribution in [0.3, 0.4) is 0 Å². The van der Waals surface area contributed by atoms with E-state index in [1.54, 1.807) is 6.26 Å². The number of nitrogens with two attached hydrogens (primary N) is 1. The Bertz CT molecular complexity index is 259. The fourth-order valence-corrected chi connectivity index (χ4v) is 1.43. The van der Waals surface area contributed by atoms with E-state index in [1.807, 2.05) is 19.1 Å². The molecule has 1 aromatic rings. The molecule has 1 aromatic heterocycles. The maximum atomic E-state index is 5.84. The summed E-state index contributed by atoms with van der Waals surface area (Å²) in [4.78, 5) is 0. The second-order valence-corrected chi connectivity index (χ2v) is 3.78. The van der Waals surface area contributed by atoms with Crippen molar-refractivity contribution in [3.8, 4) is 0 Å². The van der Waals surface area contributed by atoms with Crippen LogP contribution in [0.15, 0.2) is 22.8 Å². The van der Waals surface area contributed by atoms with E-state index in [4.69, 9.17) is 19.6 Å². The maximum Gasteiger partial charge on any atom is 0.134 e. The molecular weight excluding hydrogens is 206 g/mol. The van der Waals surface area contributed by atoms with Gasteiger partial charge in [-0.3, -0.25) is 0 Å². The summed E-state index contributed by atoms with van der Waals surface area (Å²) in [7, 11) is 0. The fourth-order valence-electron chi connectivity index (χ4n) is 1.43. The van der Waals surface area contributed by atoms with Crippen molar-refractivity contribution in [3.63, 3.8) is 0 Å². The Morgan fingerprint density at radius 3 is 2.75 bits per heavy atom. The Morgan fingerprint density at radius 2 is 2.19 bits per heavy atom. The van der Waals surface area contributed by atoms with Crippen molar-refractivity contribution in [2.24, 2.45) is 5.73 Å². The van der Waals surface area contributed by atoms with Gasteiger partial charge in [-0.25, -0.2) is 0 Å². The highest BCUT2D eigenvalue weighted by atomic mass is 16.5. The topological polar surface area (TPSA) is 57.6 Å². The quantitative estimate of drug-likeness (QED) is 0.691. The highest BCUT2D eigenvalue weighted by Gasteiger charge is 2.19. The molecule has 0 saturated heterocycles. The van der Waals surface area contributed by atoms with Gasteiger partial charge >= 0.3 is 0 Å². The molecule has 0 aliphatic heterocycles. The zero-order valence-electron chi connectivity index (χ0n) is 10.0. The molecule has 0 aliphatic carbocycles. The minimum atomic E-state index is -0.194. The van der Waals surface area contributed by atoms with Crippen LogP contribution in [0.2, 0.25) is 0 Å². The number of furan rings is 1. The van der Waals surface area contributed by atoms with Crippen LogP contribution < -0.4 is 5.73 Å². The molecule has 2 N–H and O–H groups in total. The van der Waals surface area contributed by atoms with Gasteiger partial charge in [0.2, 0.25) is 0 Å². The molecule has 1 heterocycles. The summed E-state index contributed by atoms with van der Waals surface area (Å²) >= 11 is 0. The molecule has 2 atom stereocenters. The molecule has 16 heavy (non-hydrogen) atoms. The Kier molecular flexibility index (Phi) is 6.15. The zero-order chi connectivity index (χ0) is 11.8. The molecule has 0 aromatic carbocycles. The van der Waals surface area contributed by atoms with Gasteiger partial charge in [0, 0.05) is 12.6 Å². The van der Waals surface area contributed by atoms with Gasteiger partial charge in [-0.1, -0.05) is 6.92 Å². The van der Waals surface area contributed by atoms with E-state index in [0.717, 1.165) is 18.8 Å². The number of ether oxygens (including phenoxy) is 2. The second-order valence-electron chi connectivity index (χ2n) is 3.78. The first-order valence-corrected chi connectivity index (χ1v) is 5.74. The number of rotatable bonds is 8. The monoisotopic (exact) mass is 227 g/mol. The molecular formula is C12H21NO3. The molecule has 0 bridgehead atoms. The fraction of sp³-hybridized carbons (Fsp3) is 0.667. The highest BCUT2D eigenvalue weighted by Crippen LogP contribution is 2.20. The van der Waals surface area contributed by atoms with Crippen LogP contribution in [0.5, 0.6) is 0 Å². The minimum absolute atomic E-state index is 0.0997. The summed E-state index contributed by atoms with van der Waals surface area (Å²) in [5, 5.41) is 0. The Hall–Kier alpha value is -0.840. The van der Waals surface area contributed by atoms with Crippen LogP contribution in [0.25, 0.3) is 0 Å². The van der Waals surface area contributed by atoms with Gasteiger partial charge < -0.3 is 19.6 Å². The highest BCUT2D eigenvalue weighted by molar-refractivity contribution is 5.04.